The summed E-state index contributed by atoms with van der Waals surface area (Å²) in [6.07, 6.45) is 2.45. The molecule has 1 unspecified atom stereocenters. The van der Waals surface area contributed by atoms with E-state index in [2.05, 4.69) is 22.6 Å². The Hall–Kier alpha value is -0.980. The number of hydrogen-bond donors (Lipinski definition) is 1. The number of ether oxygens (including phenoxy) is 2. The van der Waals surface area contributed by atoms with Gasteiger partial charge in [-0.25, -0.2) is 0 Å². The summed E-state index contributed by atoms with van der Waals surface area (Å²) in [5, 5.41) is 11.2. The van der Waals surface area contributed by atoms with Gasteiger partial charge in [0.2, 0.25) is 0 Å². The minimum Gasteiger partial charge on any atom is -0.350 e. The quantitative estimate of drug-likeness (QED) is 0.778. The largest absolute Gasteiger partial charge is 0.350 e. The third-order valence-electron chi connectivity index (χ3n) is 2.68. The predicted octanol–water partition coefficient (Wildman–Crippen LogP) is 0.229. The zero-order valence-electron chi connectivity index (χ0n) is 9.72. The predicted molar refractivity (Wildman–Crippen MR) is 57.7 cm³/mol. The van der Waals surface area contributed by atoms with Crippen LogP contribution in [-0.4, -0.2) is 41.0 Å². The number of nitrogens with zero attached hydrogens (tertiary/aromatic N) is 3. The zero-order chi connectivity index (χ0) is 11.4. The van der Waals surface area contributed by atoms with Gasteiger partial charge in [-0.1, -0.05) is 12.1 Å². The van der Waals surface area contributed by atoms with Crippen LogP contribution in [0.15, 0.2) is 6.20 Å². The highest BCUT2D eigenvalue weighted by Gasteiger charge is 2.23. The summed E-state index contributed by atoms with van der Waals surface area (Å²) in [7, 11) is 1.89. The first kappa shape index (κ1) is 11.5. The van der Waals surface area contributed by atoms with E-state index in [4.69, 9.17) is 9.47 Å². The van der Waals surface area contributed by atoms with E-state index in [0.717, 1.165) is 18.7 Å². The number of nitrogens with one attached hydrogen (secondary N) is 1. The number of aryl methyl sites for hydroxylation is 1. The fraction of sp³-hybridized carbons (Fsp3) is 0.800. The molecule has 6 heteroatoms. The van der Waals surface area contributed by atoms with E-state index in [9.17, 15) is 0 Å². The minimum atomic E-state index is -0.112. The molecular weight excluding hydrogens is 208 g/mol. The van der Waals surface area contributed by atoms with Crippen molar-refractivity contribution >= 4 is 0 Å². The van der Waals surface area contributed by atoms with Crippen LogP contribution in [0, 0.1) is 0 Å². The van der Waals surface area contributed by atoms with Gasteiger partial charge in [0.05, 0.1) is 31.1 Å². The third-order valence-corrected chi connectivity index (χ3v) is 2.68. The van der Waals surface area contributed by atoms with Crippen molar-refractivity contribution < 1.29 is 9.47 Å². The fourth-order valence-corrected chi connectivity index (χ4v) is 1.90. The molecule has 1 aliphatic rings. The fourth-order valence-electron chi connectivity index (χ4n) is 1.90. The van der Waals surface area contributed by atoms with Crippen LogP contribution >= 0.6 is 0 Å². The lowest BCUT2D eigenvalue weighted by atomic mass is 10.1. The Labute approximate surface area is 94.9 Å². The standard InChI is InChI=1S/C10H18N4O2/c1-3-11-8(6-10-15-4-5-16-10)9-7-12-13-14(9)2/h7-8,10-11H,3-6H2,1-2H3. The van der Waals surface area contributed by atoms with Crippen molar-refractivity contribution in [3.8, 4) is 0 Å². The maximum atomic E-state index is 5.46. The van der Waals surface area contributed by atoms with Gasteiger partial charge in [-0.05, 0) is 6.54 Å². The van der Waals surface area contributed by atoms with Gasteiger partial charge in [0.1, 0.15) is 0 Å². The van der Waals surface area contributed by atoms with Gasteiger partial charge in [-0.3, -0.25) is 4.68 Å². The molecule has 1 aromatic rings. The minimum absolute atomic E-state index is 0.112. The second kappa shape index (κ2) is 5.38. The Balaban J connectivity index is 2.01. The molecule has 2 heterocycles. The third kappa shape index (κ3) is 2.58. The van der Waals surface area contributed by atoms with Crippen molar-refractivity contribution in [1.82, 2.24) is 20.3 Å². The zero-order valence-corrected chi connectivity index (χ0v) is 9.72. The number of rotatable bonds is 5. The maximum absolute atomic E-state index is 5.46. The Morgan fingerprint density at radius 1 is 1.56 bits per heavy atom. The van der Waals surface area contributed by atoms with Crippen LogP contribution in [0.1, 0.15) is 25.1 Å². The molecule has 1 fully saturated rings. The van der Waals surface area contributed by atoms with Crippen molar-refractivity contribution in [2.75, 3.05) is 19.8 Å². The second-order valence-corrected chi connectivity index (χ2v) is 3.80. The maximum Gasteiger partial charge on any atom is 0.159 e. The van der Waals surface area contributed by atoms with Crippen LogP contribution in [-0.2, 0) is 16.5 Å². The summed E-state index contributed by atoms with van der Waals surface area (Å²) in [5.41, 5.74) is 1.06. The van der Waals surface area contributed by atoms with Crippen LogP contribution in [0.3, 0.4) is 0 Å². The summed E-state index contributed by atoms with van der Waals surface area (Å²) in [6.45, 7) is 4.34. The highest BCUT2D eigenvalue weighted by atomic mass is 16.7. The summed E-state index contributed by atoms with van der Waals surface area (Å²) in [5.74, 6) is 0. The molecule has 1 saturated heterocycles. The lowest BCUT2D eigenvalue weighted by Crippen LogP contribution is -2.27. The molecule has 90 valence electrons. The summed E-state index contributed by atoms with van der Waals surface area (Å²) < 4.78 is 12.7. The van der Waals surface area contributed by atoms with E-state index >= 15 is 0 Å². The molecule has 1 aromatic heterocycles. The van der Waals surface area contributed by atoms with Gasteiger partial charge in [0, 0.05) is 13.5 Å². The van der Waals surface area contributed by atoms with Gasteiger partial charge in [-0.15, -0.1) is 5.10 Å². The van der Waals surface area contributed by atoms with Gasteiger partial charge >= 0.3 is 0 Å². The lowest BCUT2D eigenvalue weighted by molar-refractivity contribution is -0.0533. The molecule has 0 aliphatic carbocycles. The molecule has 6 nitrogen and oxygen atoms in total. The highest BCUT2D eigenvalue weighted by molar-refractivity contribution is 5.02. The highest BCUT2D eigenvalue weighted by Crippen LogP contribution is 2.21. The molecular formula is C10H18N4O2. The van der Waals surface area contributed by atoms with Crippen LogP contribution < -0.4 is 5.32 Å². The van der Waals surface area contributed by atoms with Crippen LogP contribution in [0.5, 0.6) is 0 Å². The first-order valence-electron chi connectivity index (χ1n) is 5.62. The molecule has 0 bridgehead atoms. The summed E-state index contributed by atoms with van der Waals surface area (Å²) in [6, 6.07) is 0.174. The van der Waals surface area contributed by atoms with Gasteiger partial charge in [-0.2, -0.15) is 0 Å². The van der Waals surface area contributed by atoms with Crippen molar-refractivity contribution in [2.24, 2.45) is 7.05 Å². The van der Waals surface area contributed by atoms with Crippen LogP contribution in [0.25, 0.3) is 0 Å². The van der Waals surface area contributed by atoms with Gasteiger partial charge < -0.3 is 14.8 Å². The Kier molecular flexibility index (Phi) is 3.87. The van der Waals surface area contributed by atoms with E-state index < -0.39 is 0 Å². The van der Waals surface area contributed by atoms with Crippen molar-refractivity contribution in [3.05, 3.63) is 11.9 Å². The van der Waals surface area contributed by atoms with Crippen molar-refractivity contribution in [3.63, 3.8) is 0 Å². The average molecular weight is 226 g/mol. The number of hydrogen-bond acceptors (Lipinski definition) is 5. The Morgan fingerprint density at radius 2 is 2.31 bits per heavy atom. The SMILES string of the molecule is CCNC(CC1OCCO1)c1cnnn1C. The van der Waals surface area contributed by atoms with E-state index in [1.54, 1.807) is 10.9 Å². The summed E-state index contributed by atoms with van der Waals surface area (Å²) >= 11 is 0. The number of aromatic nitrogens is 3. The molecule has 0 saturated carbocycles. The molecule has 0 amide bonds. The monoisotopic (exact) mass is 226 g/mol. The van der Waals surface area contributed by atoms with Crippen molar-refractivity contribution in [1.29, 1.82) is 0 Å². The second-order valence-electron chi connectivity index (χ2n) is 3.80. The van der Waals surface area contributed by atoms with E-state index in [0.29, 0.717) is 13.2 Å². The first-order chi connectivity index (χ1) is 7.81. The Morgan fingerprint density at radius 3 is 2.88 bits per heavy atom. The summed E-state index contributed by atoms with van der Waals surface area (Å²) in [4.78, 5) is 0. The van der Waals surface area contributed by atoms with E-state index in [1.165, 1.54) is 0 Å². The molecule has 2 rings (SSSR count). The van der Waals surface area contributed by atoms with Crippen molar-refractivity contribution in [2.45, 2.75) is 25.7 Å². The molecule has 1 atom stereocenters. The topological polar surface area (TPSA) is 61.2 Å². The molecule has 1 N–H and O–H groups in total. The van der Waals surface area contributed by atoms with E-state index in [-0.39, 0.29) is 12.3 Å². The molecule has 16 heavy (non-hydrogen) atoms. The smallest absolute Gasteiger partial charge is 0.159 e. The van der Waals surface area contributed by atoms with Gasteiger partial charge in [0.15, 0.2) is 6.29 Å². The van der Waals surface area contributed by atoms with E-state index in [1.807, 2.05) is 7.05 Å². The Bertz CT molecular complexity index is 322. The molecule has 0 spiro atoms. The normalized spacial score (nSPS) is 19.1. The van der Waals surface area contributed by atoms with Crippen LogP contribution in [0.4, 0.5) is 0 Å². The average Bonchev–Trinajstić information content (AvgIpc) is 2.88. The van der Waals surface area contributed by atoms with Gasteiger partial charge in [0.25, 0.3) is 0 Å². The lowest BCUT2D eigenvalue weighted by Gasteiger charge is -2.20. The molecule has 1 aliphatic heterocycles. The molecule has 0 radical (unpaired) electrons. The first-order valence-corrected chi connectivity index (χ1v) is 5.62. The van der Waals surface area contributed by atoms with Crippen LogP contribution in [0.2, 0.25) is 0 Å². The molecule has 0 aromatic carbocycles.